The molecule has 0 aliphatic rings. The fourth-order valence-electron chi connectivity index (χ4n) is 0.919. The van der Waals surface area contributed by atoms with Crippen LogP contribution in [-0.2, 0) is 10.0 Å². The molecule has 0 saturated heterocycles. The summed E-state index contributed by atoms with van der Waals surface area (Å²) in [5, 5.41) is 8.57. The Morgan fingerprint density at radius 1 is 1.31 bits per heavy atom. The van der Waals surface area contributed by atoms with E-state index in [1.165, 1.54) is 35.5 Å². The largest absolute Gasteiger partial charge is 0.368 e. The Bertz CT molecular complexity index is 524. The summed E-state index contributed by atoms with van der Waals surface area (Å²) in [4.78, 5) is 1.60. The lowest BCUT2D eigenvalue weighted by molar-refractivity contribution is 0.595. The highest BCUT2D eigenvalue weighted by molar-refractivity contribution is 7.90. The van der Waals surface area contributed by atoms with Crippen molar-refractivity contribution >= 4 is 16.4 Å². The molecule has 0 bridgehead atoms. The molecule has 0 spiro atoms. The van der Waals surface area contributed by atoms with Crippen LogP contribution in [0.15, 0.2) is 33.6 Å². The second kappa shape index (κ2) is 4.77. The van der Waals surface area contributed by atoms with E-state index >= 15 is 0 Å². The van der Waals surface area contributed by atoms with Crippen molar-refractivity contribution in [1.82, 2.24) is 4.90 Å². The summed E-state index contributed by atoms with van der Waals surface area (Å²) in [7, 11) is -0.305. The van der Waals surface area contributed by atoms with E-state index in [9.17, 15) is 8.42 Å². The number of nitrogens with zero attached hydrogens (tertiary/aromatic N) is 3. The molecule has 0 aromatic heterocycles. The Kier molecular flexibility index (Phi) is 3.64. The van der Waals surface area contributed by atoms with Crippen molar-refractivity contribution in [3.8, 4) is 6.07 Å². The first-order valence-corrected chi connectivity index (χ1v) is 5.87. The molecule has 0 atom stereocenters. The van der Waals surface area contributed by atoms with E-state index in [0.717, 1.165) is 0 Å². The van der Waals surface area contributed by atoms with Gasteiger partial charge in [-0.15, -0.1) is 4.40 Å². The van der Waals surface area contributed by atoms with E-state index in [-0.39, 0.29) is 4.90 Å². The quantitative estimate of drug-likeness (QED) is 0.576. The van der Waals surface area contributed by atoms with Crippen LogP contribution < -0.4 is 0 Å². The molecule has 6 heteroatoms. The van der Waals surface area contributed by atoms with Crippen LogP contribution in [0.4, 0.5) is 0 Å². The lowest BCUT2D eigenvalue weighted by Gasteiger charge is -2.03. The Hall–Kier alpha value is -1.87. The standard InChI is InChI=1S/C10H11N3O2S/c1-13(2)8-12-16(14,15)10-5-3-9(7-11)4-6-10/h3-6,8H,1-2H3/b12-8+. The Morgan fingerprint density at radius 2 is 1.88 bits per heavy atom. The van der Waals surface area contributed by atoms with Gasteiger partial charge in [-0.05, 0) is 24.3 Å². The maximum atomic E-state index is 11.6. The predicted octanol–water partition coefficient (Wildman–Crippen LogP) is 0.837. The van der Waals surface area contributed by atoms with Crippen LogP contribution in [0.3, 0.4) is 0 Å². The second-order valence-electron chi connectivity index (χ2n) is 3.30. The van der Waals surface area contributed by atoms with Gasteiger partial charge in [0.2, 0.25) is 0 Å². The average molecular weight is 237 g/mol. The minimum absolute atomic E-state index is 0.0737. The van der Waals surface area contributed by atoms with E-state index in [1.54, 1.807) is 14.1 Å². The van der Waals surface area contributed by atoms with E-state index in [2.05, 4.69) is 4.40 Å². The summed E-state index contributed by atoms with van der Waals surface area (Å²) in [5.41, 5.74) is 0.413. The smallest absolute Gasteiger partial charge is 0.283 e. The zero-order valence-electron chi connectivity index (χ0n) is 8.95. The topological polar surface area (TPSA) is 73.5 Å². The number of hydrogen-bond donors (Lipinski definition) is 0. The van der Waals surface area contributed by atoms with E-state index in [1.807, 2.05) is 6.07 Å². The average Bonchev–Trinajstić information content (AvgIpc) is 2.27. The molecule has 0 unspecified atom stereocenters. The molecule has 0 fully saturated rings. The minimum atomic E-state index is -3.66. The lowest BCUT2D eigenvalue weighted by Crippen LogP contribution is -2.10. The van der Waals surface area contributed by atoms with Crippen LogP contribution in [0, 0.1) is 11.3 Å². The molecule has 0 saturated carbocycles. The van der Waals surface area contributed by atoms with Crippen molar-refractivity contribution in [2.75, 3.05) is 14.1 Å². The highest BCUT2D eigenvalue weighted by Crippen LogP contribution is 2.12. The van der Waals surface area contributed by atoms with Crippen LogP contribution >= 0.6 is 0 Å². The van der Waals surface area contributed by atoms with Gasteiger partial charge in [-0.1, -0.05) is 0 Å². The molecular formula is C10H11N3O2S. The van der Waals surface area contributed by atoms with Gasteiger partial charge in [-0.2, -0.15) is 13.7 Å². The number of hydrogen-bond acceptors (Lipinski definition) is 3. The number of benzene rings is 1. The van der Waals surface area contributed by atoms with Gasteiger partial charge in [0.15, 0.2) is 0 Å². The van der Waals surface area contributed by atoms with Crippen molar-refractivity contribution in [2.45, 2.75) is 4.90 Å². The molecule has 1 rings (SSSR count). The van der Waals surface area contributed by atoms with Crippen molar-refractivity contribution in [3.63, 3.8) is 0 Å². The fourth-order valence-corrected chi connectivity index (χ4v) is 1.83. The number of sulfonamides is 1. The summed E-state index contributed by atoms with van der Waals surface area (Å²) in [6.45, 7) is 0. The summed E-state index contributed by atoms with van der Waals surface area (Å²) in [5.74, 6) is 0. The van der Waals surface area contributed by atoms with Crippen LogP contribution in [-0.4, -0.2) is 33.8 Å². The number of nitriles is 1. The minimum Gasteiger partial charge on any atom is -0.368 e. The van der Waals surface area contributed by atoms with Gasteiger partial charge in [-0.25, -0.2) is 0 Å². The van der Waals surface area contributed by atoms with Gasteiger partial charge in [0.05, 0.1) is 16.5 Å². The van der Waals surface area contributed by atoms with Crippen LogP contribution in [0.25, 0.3) is 0 Å². The summed E-state index contributed by atoms with van der Waals surface area (Å²) in [6, 6.07) is 7.52. The zero-order chi connectivity index (χ0) is 12.2. The van der Waals surface area contributed by atoms with Crippen LogP contribution in [0.1, 0.15) is 5.56 Å². The fraction of sp³-hybridized carbons (Fsp3) is 0.200. The van der Waals surface area contributed by atoms with E-state index in [4.69, 9.17) is 5.26 Å². The first-order chi connectivity index (χ1) is 7.45. The van der Waals surface area contributed by atoms with Gasteiger partial charge in [0, 0.05) is 14.1 Å². The third kappa shape index (κ3) is 3.07. The maximum absolute atomic E-state index is 11.6. The zero-order valence-corrected chi connectivity index (χ0v) is 9.77. The van der Waals surface area contributed by atoms with Crippen LogP contribution in [0.2, 0.25) is 0 Å². The lowest BCUT2D eigenvalue weighted by atomic mass is 10.2. The Morgan fingerprint density at radius 3 is 2.31 bits per heavy atom. The molecule has 84 valence electrons. The monoisotopic (exact) mass is 237 g/mol. The molecular weight excluding hydrogens is 226 g/mol. The third-order valence-electron chi connectivity index (χ3n) is 1.70. The Labute approximate surface area is 94.7 Å². The van der Waals surface area contributed by atoms with Gasteiger partial charge in [0.25, 0.3) is 10.0 Å². The van der Waals surface area contributed by atoms with E-state index in [0.29, 0.717) is 5.56 Å². The van der Waals surface area contributed by atoms with Gasteiger partial charge >= 0.3 is 0 Å². The summed E-state index contributed by atoms with van der Waals surface area (Å²) in [6.07, 6.45) is 1.22. The molecule has 0 N–H and O–H groups in total. The van der Waals surface area contributed by atoms with Crippen molar-refractivity contribution in [3.05, 3.63) is 29.8 Å². The van der Waals surface area contributed by atoms with Crippen molar-refractivity contribution < 1.29 is 8.42 Å². The van der Waals surface area contributed by atoms with Gasteiger partial charge in [-0.3, -0.25) is 0 Å². The Balaban J connectivity index is 3.05. The maximum Gasteiger partial charge on any atom is 0.283 e. The third-order valence-corrected chi connectivity index (χ3v) is 2.94. The normalized spacial score (nSPS) is 11.3. The van der Waals surface area contributed by atoms with Crippen LogP contribution in [0.5, 0.6) is 0 Å². The molecule has 1 aromatic carbocycles. The molecule has 0 aliphatic heterocycles. The number of rotatable bonds is 3. The van der Waals surface area contributed by atoms with Crippen molar-refractivity contribution in [2.24, 2.45) is 4.40 Å². The van der Waals surface area contributed by atoms with Gasteiger partial charge < -0.3 is 4.90 Å². The van der Waals surface area contributed by atoms with Gasteiger partial charge in [0.1, 0.15) is 6.34 Å². The summed E-state index contributed by atoms with van der Waals surface area (Å²) < 4.78 is 26.7. The molecule has 5 nitrogen and oxygen atoms in total. The molecule has 0 amide bonds. The predicted molar refractivity (Wildman–Crippen MR) is 60.5 cm³/mol. The van der Waals surface area contributed by atoms with Crippen molar-refractivity contribution in [1.29, 1.82) is 5.26 Å². The first kappa shape index (κ1) is 12.2. The highest BCUT2D eigenvalue weighted by atomic mass is 32.2. The SMILES string of the molecule is CN(C)/C=N/S(=O)(=O)c1ccc(C#N)cc1. The molecule has 0 aliphatic carbocycles. The second-order valence-corrected chi connectivity index (χ2v) is 4.93. The molecule has 1 aromatic rings. The summed E-state index contributed by atoms with van der Waals surface area (Å²) >= 11 is 0. The first-order valence-electron chi connectivity index (χ1n) is 4.43. The molecule has 0 heterocycles. The molecule has 16 heavy (non-hydrogen) atoms. The highest BCUT2D eigenvalue weighted by Gasteiger charge is 2.11. The molecule has 0 radical (unpaired) electrons. The van der Waals surface area contributed by atoms with E-state index < -0.39 is 10.0 Å².